The van der Waals surface area contributed by atoms with Crippen LogP contribution in [-0.4, -0.2) is 57.4 Å². The van der Waals surface area contributed by atoms with Gasteiger partial charge in [0.2, 0.25) is 20.0 Å². The molecule has 0 spiro atoms. The lowest BCUT2D eigenvalue weighted by atomic mass is 10.1. The van der Waals surface area contributed by atoms with Gasteiger partial charge in [-0.05, 0) is 85.7 Å². The second kappa shape index (κ2) is 11.1. The Morgan fingerprint density at radius 2 is 1.46 bits per heavy atom. The van der Waals surface area contributed by atoms with E-state index in [0.29, 0.717) is 48.8 Å². The predicted octanol–water partition coefficient (Wildman–Crippen LogP) is 4.66. The highest BCUT2D eigenvalue weighted by Crippen LogP contribution is 2.26. The summed E-state index contributed by atoms with van der Waals surface area (Å²) in [5, 5.41) is 0. The first kappa shape index (κ1) is 27.0. The number of sulfonamides is 2. The zero-order valence-corrected chi connectivity index (χ0v) is 22.5. The largest absolute Gasteiger partial charge is 0.457 e. The van der Waals surface area contributed by atoms with Gasteiger partial charge in [-0.2, -0.15) is 8.61 Å². The van der Waals surface area contributed by atoms with Gasteiger partial charge >= 0.3 is 0 Å². The number of carbonyl (C=O) groups excluding carboxylic acids is 1. The van der Waals surface area contributed by atoms with Crippen LogP contribution in [0, 0.1) is 0 Å². The van der Waals surface area contributed by atoms with Crippen LogP contribution in [0.25, 0.3) is 17.4 Å². The number of ketones is 1. The van der Waals surface area contributed by atoms with Crippen molar-refractivity contribution in [3.63, 3.8) is 0 Å². The van der Waals surface area contributed by atoms with E-state index in [2.05, 4.69) is 0 Å². The molecule has 0 unspecified atom stereocenters. The van der Waals surface area contributed by atoms with Gasteiger partial charge in [-0.15, -0.1) is 0 Å². The zero-order valence-electron chi connectivity index (χ0n) is 20.8. The monoisotopic (exact) mass is 542 g/mol. The molecule has 2 heterocycles. The minimum atomic E-state index is -3.54. The highest BCUT2D eigenvalue weighted by atomic mass is 32.2. The molecular weight excluding hydrogens is 512 g/mol. The third-order valence-electron chi connectivity index (χ3n) is 6.35. The lowest BCUT2D eigenvalue weighted by Gasteiger charge is -2.18. The van der Waals surface area contributed by atoms with Crippen molar-refractivity contribution in [2.45, 2.75) is 36.5 Å². The van der Waals surface area contributed by atoms with Crippen molar-refractivity contribution < 1.29 is 26.0 Å². The first-order valence-electron chi connectivity index (χ1n) is 12.2. The first-order chi connectivity index (χ1) is 17.7. The molecular formula is C27H30N2O6S2. The highest BCUT2D eigenvalue weighted by Gasteiger charge is 2.27. The molecule has 0 radical (unpaired) electrons. The third-order valence-corrected chi connectivity index (χ3v) is 10.3. The van der Waals surface area contributed by atoms with Crippen molar-refractivity contribution >= 4 is 31.9 Å². The summed E-state index contributed by atoms with van der Waals surface area (Å²) in [5.74, 6) is 0.709. The lowest BCUT2D eigenvalue weighted by Crippen LogP contribution is -2.30. The van der Waals surface area contributed by atoms with Crippen LogP contribution >= 0.6 is 0 Å². The normalized spacial score (nSPS) is 15.1. The summed E-state index contributed by atoms with van der Waals surface area (Å²) < 4.78 is 59.3. The molecule has 196 valence electrons. The predicted molar refractivity (Wildman–Crippen MR) is 142 cm³/mol. The van der Waals surface area contributed by atoms with Crippen molar-refractivity contribution in [1.82, 2.24) is 8.61 Å². The van der Waals surface area contributed by atoms with Crippen molar-refractivity contribution in [1.29, 1.82) is 0 Å². The minimum Gasteiger partial charge on any atom is -0.457 e. The molecule has 1 aromatic heterocycles. The van der Waals surface area contributed by atoms with Gasteiger partial charge in [0.15, 0.2) is 5.78 Å². The Bertz CT molecular complexity index is 1480. The standard InChI is InChI=1S/C27H30N2O6S2/c1-3-28(4-2)36(31,32)24-15-9-22(10-16-24)27-18-12-23(35-27)11-17-26(30)21-7-13-25(14-8-21)37(33,34)29-19-5-6-20-29/h7-18H,3-6,19-20H2,1-2H3/b17-11+. The molecule has 0 bridgehead atoms. The van der Waals surface area contributed by atoms with Gasteiger partial charge in [0.05, 0.1) is 9.79 Å². The van der Waals surface area contributed by atoms with Crippen LogP contribution in [0.4, 0.5) is 0 Å². The molecule has 37 heavy (non-hydrogen) atoms. The smallest absolute Gasteiger partial charge is 0.243 e. The summed E-state index contributed by atoms with van der Waals surface area (Å²) in [6.45, 7) is 5.44. The summed E-state index contributed by atoms with van der Waals surface area (Å²) in [7, 11) is -7.06. The van der Waals surface area contributed by atoms with E-state index in [9.17, 15) is 21.6 Å². The van der Waals surface area contributed by atoms with Crippen molar-refractivity contribution in [2.24, 2.45) is 0 Å². The summed E-state index contributed by atoms with van der Waals surface area (Å²) in [5.41, 5.74) is 1.08. The van der Waals surface area contributed by atoms with Gasteiger partial charge in [0.25, 0.3) is 0 Å². The number of rotatable bonds is 10. The Morgan fingerprint density at radius 3 is 2.05 bits per heavy atom. The van der Waals surface area contributed by atoms with E-state index in [0.717, 1.165) is 12.8 Å². The van der Waals surface area contributed by atoms with Crippen LogP contribution in [0.15, 0.2) is 80.9 Å². The topological polar surface area (TPSA) is 105 Å². The van der Waals surface area contributed by atoms with E-state index in [1.807, 2.05) is 0 Å². The third kappa shape index (κ3) is 5.77. The number of allylic oxidation sites excluding steroid dienone is 1. The molecule has 0 amide bonds. The Labute approximate surface area is 218 Å². The van der Waals surface area contributed by atoms with Crippen molar-refractivity contribution in [3.8, 4) is 11.3 Å². The van der Waals surface area contributed by atoms with Gasteiger partial charge in [0, 0.05) is 37.3 Å². The first-order valence-corrected chi connectivity index (χ1v) is 15.1. The molecule has 1 fully saturated rings. The molecule has 1 aliphatic rings. The van der Waals surface area contributed by atoms with E-state index in [-0.39, 0.29) is 15.6 Å². The fourth-order valence-corrected chi connectivity index (χ4v) is 7.20. The maximum Gasteiger partial charge on any atom is 0.243 e. The van der Waals surface area contributed by atoms with Gasteiger partial charge in [0.1, 0.15) is 11.5 Å². The van der Waals surface area contributed by atoms with E-state index in [1.54, 1.807) is 56.3 Å². The number of benzene rings is 2. The van der Waals surface area contributed by atoms with Crippen LogP contribution in [0.2, 0.25) is 0 Å². The number of hydrogen-bond acceptors (Lipinski definition) is 6. The average Bonchev–Trinajstić information content (AvgIpc) is 3.61. The SMILES string of the molecule is CCN(CC)S(=O)(=O)c1ccc(-c2ccc(/C=C/C(=O)c3ccc(S(=O)(=O)N4CCCC4)cc3)o2)cc1. The Hall–Kier alpha value is -3.05. The highest BCUT2D eigenvalue weighted by molar-refractivity contribution is 7.89. The number of carbonyl (C=O) groups is 1. The number of nitrogens with zero attached hydrogens (tertiary/aromatic N) is 2. The second-order valence-electron chi connectivity index (χ2n) is 8.65. The van der Waals surface area contributed by atoms with E-state index < -0.39 is 20.0 Å². The van der Waals surface area contributed by atoms with Gasteiger partial charge in [-0.3, -0.25) is 4.79 Å². The maximum atomic E-state index is 12.7. The fourth-order valence-electron chi connectivity index (χ4n) is 4.22. The molecule has 10 heteroatoms. The van der Waals surface area contributed by atoms with E-state index >= 15 is 0 Å². The molecule has 8 nitrogen and oxygen atoms in total. The zero-order chi connectivity index (χ0) is 26.6. The van der Waals surface area contributed by atoms with Gasteiger partial charge < -0.3 is 4.42 Å². The summed E-state index contributed by atoms with van der Waals surface area (Å²) in [6.07, 6.45) is 4.63. The van der Waals surface area contributed by atoms with Crippen LogP contribution in [0.5, 0.6) is 0 Å². The Kier molecular flexibility index (Phi) is 8.13. The molecule has 3 aromatic rings. The van der Waals surface area contributed by atoms with E-state index in [1.165, 1.54) is 39.0 Å². The molecule has 2 aromatic carbocycles. The van der Waals surface area contributed by atoms with Gasteiger partial charge in [-0.25, -0.2) is 16.8 Å². The van der Waals surface area contributed by atoms with Crippen LogP contribution in [-0.2, 0) is 20.0 Å². The lowest BCUT2D eigenvalue weighted by molar-refractivity contribution is 0.104. The molecule has 0 atom stereocenters. The van der Waals surface area contributed by atoms with Crippen LogP contribution in [0.1, 0.15) is 42.8 Å². The quantitative estimate of drug-likeness (QED) is 0.273. The second-order valence-corrected chi connectivity index (χ2v) is 12.5. The molecule has 4 rings (SSSR count). The van der Waals surface area contributed by atoms with Crippen LogP contribution < -0.4 is 0 Å². The maximum absolute atomic E-state index is 12.7. The Balaban J connectivity index is 1.43. The molecule has 0 saturated carbocycles. The van der Waals surface area contributed by atoms with E-state index in [4.69, 9.17) is 4.42 Å². The molecule has 0 aliphatic carbocycles. The van der Waals surface area contributed by atoms with Crippen molar-refractivity contribution in [2.75, 3.05) is 26.2 Å². The summed E-state index contributed by atoms with van der Waals surface area (Å²) >= 11 is 0. The van der Waals surface area contributed by atoms with Gasteiger partial charge in [-0.1, -0.05) is 13.8 Å². The number of hydrogen-bond donors (Lipinski definition) is 0. The Morgan fingerprint density at radius 1 is 0.865 bits per heavy atom. The average molecular weight is 543 g/mol. The molecule has 1 aliphatic heterocycles. The summed E-state index contributed by atoms with van der Waals surface area (Å²) in [4.78, 5) is 13.0. The van der Waals surface area contributed by atoms with Crippen molar-refractivity contribution in [3.05, 3.63) is 78.1 Å². The minimum absolute atomic E-state index is 0.182. The van der Waals surface area contributed by atoms with Crippen LogP contribution in [0.3, 0.4) is 0 Å². The number of furan rings is 1. The summed E-state index contributed by atoms with van der Waals surface area (Å²) in [6, 6.07) is 15.9. The molecule has 0 N–H and O–H groups in total. The molecule has 1 saturated heterocycles. The fraction of sp³-hybridized carbons (Fsp3) is 0.296.